The monoisotopic (exact) mass is 312 g/mol. The molecule has 21 heavy (non-hydrogen) atoms. The molecule has 1 aromatic carbocycles. The van der Waals surface area contributed by atoms with Crippen LogP contribution in [0.3, 0.4) is 0 Å². The van der Waals surface area contributed by atoms with Gasteiger partial charge in [-0.2, -0.15) is 0 Å². The summed E-state index contributed by atoms with van der Waals surface area (Å²) in [5.74, 6) is 0.786. The first-order chi connectivity index (χ1) is 9.96. The summed E-state index contributed by atoms with van der Waals surface area (Å²) in [6.07, 6.45) is 0. The Morgan fingerprint density at radius 3 is 2.57 bits per heavy atom. The Balaban J connectivity index is 2.64. The molecule has 6 nitrogen and oxygen atoms in total. The second-order valence-corrected chi connectivity index (χ2v) is 4.91. The van der Waals surface area contributed by atoms with E-state index in [1.54, 1.807) is 25.3 Å². The van der Waals surface area contributed by atoms with Gasteiger partial charge in [0.2, 0.25) is 0 Å². The standard InChI is InChI=1S/C14H20N2O4S/c1-9(7-18-2)16-13(17)8-20-12-5-10(14(15)21)4-11(6-12)19-3/h4-6,9H,7-8H2,1-3H3,(H2,15,21)(H,16,17). The molecule has 0 radical (unpaired) electrons. The maximum Gasteiger partial charge on any atom is 0.258 e. The highest BCUT2D eigenvalue weighted by atomic mass is 32.1. The van der Waals surface area contributed by atoms with E-state index < -0.39 is 0 Å². The molecule has 7 heteroatoms. The molecule has 116 valence electrons. The van der Waals surface area contributed by atoms with E-state index >= 15 is 0 Å². The van der Waals surface area contributed by atoms with Gasteiger partial charge in [-0.15, -0.1) is 0 Å². The van der Waals surface area contributed by atoms with Gasteiger partial charge in [-0.1, -0.05) is 12.2 Å². The largest absolute Gasteiger partial charge is 0.497 e. The number of hydrogen-bond acceptors (Lipinski definition) is 5. The van der Waals surface area contributed by atoms with Crippen LogP contribution in [0, 0.1) is 0 Å². The number of hydrogen-bond donors (Lipinski definition) is 2. The van der Waals surface area contributed by atoms with E-state index in [-0.39, 0.29) is 23.5 Å². The SMILES string of the molecule is COCC(C)NC(=O)COc1cc(OC)cc(C(N)=S)c1. The molecule has 0 bridgehead atoms. The number of carbonyl (C=O) groups is 1. The molecule has 3 N–H and O–H groups in total. The minimum absolute atomic E-state index is 0.0800. The smallest absolute Gasteiger partial charge is 0.258 e. The van der Waals surface area contributed by atoms with Crippen molar-refractivity contribution in [2.24, 2.45) is 5.73 Å². The lowest BCUT2D eigenvalue weighted by molar-refractivity contribution is -0.124. The van der Waals surface area contributed by atoms with E-state index in [1.165, 1.54) is 7.11 Å². The third kappa shape index (κ3) is 5.97. The highest BCUT2D eigenvalue weighted by Gasteiger charge is 2.09. The molecular formula is C14H20N2O4S. The zero-order valence-corrected chi connectivity index (χ0v) is 13.2. The van der Waals surface area contributed by atoms with E-state index in [0.717, 1.165) is 0 Å². The van der Waals surface area contributed by atoms with Gasteiger partial charge in [0.15, 0.2) is 6.61 Å². The Labute approximate surface area is 129 Å². The van der Waals surface area contributed by atoms with Gasteiger partial charge in [0.05, 0.1) is 13.7 Å². The van der Waals surface area contributed by atoms with Gasteiger partial charge in [0, 0.05) is 24.8 Å². The molecule has 1 atom stereocenters. The van der Waals surface area contributed by atoms with Crippen molar-refractivity contribution in [3.05, 3.63) is 23.8 Å². The Bertz CT molecular complexity index is 508. The number of ether oxygens (including phenoxy) is 3. The Morgan fingerprint density at radius 1 is 1.33 bits per heavy atom. The molecular weight excluding hydrogens is 292 g/mol. The molecule has 0 saturated carbocycles. The molecule has 0 aromatic heterocycles. The molecule has 0 saturated heterocycles. The quantitative estimate of drug-likeness (QED) is 0.693. The van der Waals surface area contributed by atoms with Gasteiger partial charge in [-0.25, -0.2) is 0 Å². The van der Waals surface area contributed by atoms with Gasteiger partial charge in [-0.3, -0.25) is 4.79 Å². The summed E-state index contributed by atoms with van der Waals surface area (Å²) in [5.41, 5.74) is 6.21. The summed E-state index contributed by atoms with van der Waals surface area (Å²) >= 11 is 4.92. The van der Waals surface area contributed by atoms with Crippen molar-refractivity contribution >= 4 is 23.1 Å². The summed E-state index contributed by atoms with van der Waals surface area (Å²) in [7, 11) is 3.11. The van der Waals surface area contributed by atoms with Gasteiger partial charge in [0.25, 0.3) is 5.91 Å². The van der Waals surface area contributed by atoms with Gasteiger partial charge < -0.3 is 25.3 Å². The summed E-state index contributed by atoms with van der Waals surface area (Å²) < 4.78 is 15.5. The van der Waals surface area contributed by atoms with Gasteiger partial charge >= 0.3 is 0 Å². The molecule has 0 aliphatic heterocycles. The van der Waals surface area contributed by atoms with Crippen molar-refractivity contribution < 1.29 is 19.0 Å². The summed E-state index contributed by atoms with van der Waals surface area (Å²) in [4.78, 5) is 11.9. The van der Waals surface area contributed by atoms with Crippen LogP contribution in [0.5, 0.6) is 11.5 Å². The first-order valence-corrected chi connectivity index (χ1v) is 6.77. The molecule has 1 amide bonds. The third-order valence-electron chi connectivity index (χ3n) is 2.59. The first kappa shape index (κ1) is 17.2. The number of amides is 1. The van der Waals surface area contributed by atoms with E-state index in [4.69, 9.17) is 32.2 Å². The lowest BCUT2D eigenvalue weighted by Crippen LogP contribution is -2.38. The predicted octanol–water partition coefficient (Wildman–Crippen LogP) is 0.859. The van der Waals surface area contributed by atoms with Crippen LogP contribution >= 0.6 is 12.2 Å². The average molecular weight is 312 g/mol. The van der Waals surface area contributed by atoms with Crippen LogP contribution in [0.2, 0.25) is 0 Å². The van der Waals surface area contributed by atoms with Crippen molar-refractivity contribution in [3.8, 4) is 11.5 Å². The minimum atomic E-state index is -0.237. The van der Waals surface area contributed by atoms with Gasteiger partial charge in [0.1, 0.15) is 16.5 Å². The normalized spacial score (nSPS) is 11.6. The predicted molar refractivity (Wildman–Crippen MR) is 83.9 cm³/mol. The fourth-order valence-corrected chi connectivity index (χ4v) is 1.79. The molecule has 1 rings (SSSR count). The molecule has 0 aliphatic carbocycles. The summed E-state index contributed by atoms with van der Waals surface area (Å²) in [5, 5.41) is 2.75. The highest BCUT2D eigenvalue weighted by molar-refractivity contribution is 7.80. The molecule has 1 aromatic rings. The minimum Gasteiger partial charge on any atom is -0.497 e. The van der Waals surface area contributed by atoms with Gasteiger partial charge in [-0.05, 0) is 19.1 Å². The zero-order chi connectivity index (χ0) is 15.8. The van der Waals surface area contributed by atoms with Crippen molar-refractivity contribution in [1.29, 1.82) is 0 Å². The summed E-state index contributed by atoms with van der Waals surface area (Å²) in [6, 6.07) is 4.95. The fourth-order valence-electron chi connectivity index (χ4n) is 1.67. The topological polar surface area (TPSA) is 82.8 Å². The molecule has 0 heterocycles. The number of benzene rings is 1. The van der Waals surface area contributed by atoms with Crippen LogP contribution in [0.4, 0.5) is 0 Å². The van der Waals surface area contributed by atoms with E-state index in [2.05, 4.69) is 5.32 Å². The molecule has 0 aliphatic rings. The highest BCUT2D eigenvalue weighted by Crippen LogP contribution is 2.22. The lowest BCUT2D eigenvalue weighted by Gasteiger charge is -2.14. The van der Waals surface area contributed by atoms with Crippen LogP contribution in [0.25, 0.3) is 0 Å². The number of thiocarbonyl (C=S) groups is 1. The number of nitrogens with one attached hydrogen (secondary N) is 1. The van der Waals surface area contributed by atoms with E-state index in [0.29, 0.717) is 23.7 Å². The van der Waals surface area contributed by atoms with E-state index in [9.17, 15) is 4.79 Å². The molecule has 0 fully saturated rings. The number of nitrogens with two attached hydrogens (primary N) is 1. The third-order valence-corrected chi connectivity index (χ3v) is 2.83. The second-order valence-electron chi connectivity index (χ2n) is 4.47. The Kier molecular flexibility index (Phi) is 6.90. The molecule has 1 unspecified atom stereocenters. The first-order valence-electron chi connectivity index (χ1n) is 6.36. The lowest BCUT2D eigenvalue weighted by atomic mass is 10.2. The summed E-state index contributed by atoms with van der Waals surface area (Å²) in [6.45, 7) is 2.17. The number of rotatable bonds is 8. The van der Waals surface area contributed by atoms with Crippen LogP contribution in [0.15, 0.2) is 18.2 Å². The van der Waals surface area contributed by atoms with Crippen LogP contribution < -0.4 is 20.5 Å². The van der Waals surface area contributed by atoms with Crippen molar-refractivity contribution in [1.82, 2.24) is 5.32 Å². The van der Waals surface area contributed by atoms with Crippen LogP contribution in [-0.2, 0) is 9.53 Å². The van der Waals surface area contributed by atoms with Crippen molar-refractivity contribution in [2.45, 2.75) is 13.0 Å². The van der Waals surface area contributed by atoms with Crippen molar-refractivity contribution in [3.63, 3.8) is 0 Å². The maximum atomic E-state index is 11.7. The van der Waals surface area contributed by atoms with E-state index in [1.807, 2.05) is 6.92 Å². The Morgan fingerprint density at radius 2 is 2.00 bits per heavy atom. The number of methoxy groups -OCH3 is 2. The van der Waals surface area contributed by atoms with Crippen LogP contribution in [0.1, 0.15) is 12.5 Å². The Hall–Kier alpha value is -1.86. The van der Waals surface area contributed by atoms with Crippen molar-refractivity contribution in [2.75, 3.05) is 27.4 Å². The maximum absolute atomic E-state index is 11.7. The average Bonchev–Trinajstić information content (AvgIpc) is 2.44. The second kappa shape index (κ2) is 8.43. The zero-order valence-electron chi connectivity index (χ0n) is 12.3. The fraction of sp³-hybridized carbons (Fsp3) is 0.429. The molecule has 0 spiro atoms. The number of carbonyl (C=O) groups excluding carboxylic acids is 1. The van der Waals surface area contributed by atoms with Crippen LogP contribution in [-0.4, -0.2) is 44.4 Å².